The Morgan fingerprint density at radius 3 is 1.78 bits per heavy atom. The lowest BCUT2D eigenvalue weighted by atomic mass is 10.0. The van der Waals surface area contributed by atoms with Gasteiger partial charge in [0.05, 0.1) is 6.61 Å². The van der Waals surface area contributed by atoms with E-state index in [4.69, 9.17) is 27.9 Å². The Labute approximate surface area is 145 Å². The fourth-order valence-corrected chi connectivity index (χ4v) is 3.25. The highest BCUT2D eigenvalue weighted by Crippen LogP contribution is 2.55. The van der Waals surface area contributed by atoms with Crippen LogP contribution in [0.1, 0.15) is 29.9 Å². The average Bonchev–Trinajstić information content (AvgIpc) is 3.22. The van der Waals surface area contributed by atoms with Gasteiger partial charge in [-0.15, -0.1) is 0 Å². The first-order valence-electron chi connectivity index (χ1n) is 7.54. The molecule has 3 rings (SSSR count). The van der Waals surface area contributed by atoms with Crippen molar-refractivity contribution in [3.63, 3.8) is 0 Å². The number of amides is 1. The largest absolute Gasteiger partial charge is 0.450 e. The van der Waals surface area contributed by atoms with Crippen LogP contribution in [0.25, 0.3) is 0 Å². The van der Waals surface area contributed by atoms with Gasteiger partial charge in [0.1, 0.15) is 0 Å². The molecule has 120 valence electrons. The Balaban J connectivity index is 1.83. The summed E-state index contributed by atoms with van der Waals surface area (Å²) >= 11 is 11.9. The Hall–Kier alpha value is -1.71. The number of rotatable bonds is 4. The van der Waals surface area contributed by atoms with Gasteiger partial charge in [0, 0.05) is 27.9 Å². The number of hydrogen-bond donors (Lipinski definition) is 1. The maximum atomic E-state index is 11.8. The van der Waals surface area contributed by atoms with Crippen molar-refractivity contribution < 1.29 is 9.53 Å². The Bertz CT molecular complexity index is 634. The van der Waals surface area contributed by atoms with E-state index in [2.05, 4.69) is 5.32 Å². The Morgan fingerprint density at radius 1 is 0.957 bits per heavy atom. The number of benzene rings is 2. The minimum atomic E-state index is -0.382. The third-order valence-corrected chi connectivity index (χ3v) is 4.59. The van der Waals surface area contributed by atoms with Crippen LogP contribution in [0.2, 0.25) is 10.0 Å². The molecule has 5 heteroatoms. The molecular formula is C18H17Cl2NO2. The molecule has 0 heterocycles. The SMILES string of the molecule is CCOC(=O)NC1[C@@H](c2ccc(Cl)cc2)[C@@H]1c1ccc(Cl)cc1. The Morgan fingerprint density at radius 2 is 1.39 bits per heavy atom. The van der Waals surface area contributed by atoms with Crippen LogP contribution in [0.15, 0.2) is 48.5 Å². The van der Waals surface area contributed by atoms with Crippen LogP contribution < -0.4 is 5.32 Å². The molecule has 1 aliphatic rings. The van der Waals surface area contributed by atoms with Crippen molar-refractivity contribution in [3.8, 4) is 0 Å². The van der Waals surface area contributed by atoms with Gasteiger partial charge in [-0.25, -0.2) is 4.79 Å². The smallest absolute Gasteiger partial charge is 0.407 e. The molecule has 2 aromatic rings. The third kappa shape index (κ3) is 3.62. The van der Waals surface area contributed by atoms with Crippen molar-refractivity contribution in [2.75, 3.05) is 6.61 Å². The quantitative estimate of drug-likeness (QED) is 0.844. The zero-order chi connectivity index (χ0) is 16.4. The molecule has 1 amide bonds. The number of alkyl carbamates (subject to hydrolysis) is 1. The van der Waals surface area contributed by atoms with Crippen LogP contribution in [0.4, 0.5) is 4.79 Å². The summed E-state index contributed by atoms with van der Waals surface area (Å²) < 4.78 is 5.01. The van der Waals surface area contributed by atoms with Gasteiger partial charge in [0.25, 0.3) is 0 Å². The summed E-state index contributed by atoms with van der Waals surface area (Å²) in [5.41, 5.74) is 2.30. The standard InChI is InChI=1S/C18H17Cl2NO2/c1-2-23-18(22)21-17-15(11-3-7-13(19)8-4-11)16(17)12-5-9-14(20)10-6-12/h3-10,15-17H,2H2,1H3,(H,21,22)/t15-,16-/m0/s1. The van der Waals surface area contributed by atoms with Crippen molar-refractivity contribution in [2.45, 2.75) is 24.8 Å². The molecule has 0 unspecified atom stereocenters. The summed E-state index contributed by atoms with van der Waals surface area (Å²) in [7, 11) is 0. The van der Waals surface area contributed by atoms with Crippen molar-refractivity contribution in [1.29, 1.82) is 0 Å². The lowest BCUT2D eigenvalue weighted by Gasteiger charge is -2.05. The first-order valence-corrected chi connectivity index (χ1v) is 8.30. The van der Waals surface area contributed by atoms with Gasteiger partial charge < -0.3 is 10.1 Å². The minimum Gasteiger partial charge on any atom is -0.450 e. The third-order valence-electron chi connectivity index (χ3n) is 4.09. The maximum absolute atomic E-state index is 11.8. The first kappa shape index (κ1) is 16.2. The summed E-state index contributed by atoms with van der Waals surface area (Å²) in [6.07, 6.45) is -0.382. The van der Waals surface area contributed by atoms with Gasteiger partial charge in [0.15, 0.2) is 0 Å². The van der Waals surface area contributed by atoms with E-state index in [0.717, 1.165) is 11.1 Å². The van der Waals surface area contributed by atoms with Crippen LogP contribution in [0.5, 0.6) is 0 Å². The van der Waals surface area contributed by atoms with Crippen molar-refractivity contribution >= 4 is 29.3 Å². The number of carbonyl (C=O) groups is 1. The molecule has 0 radical (unpaired) electrons. The molecule has 1 fully saturated rings. The predicted molar refractivity (Wildman–Crippen MR) is 92.3 cm³/mol. The molecule has 3 nitrogen and oxygen atoms in total. The lowest BCUT2D eigenvalue weighted by Crippen LogP contribution is -2.28. The topological polar surface area (TPSA) is 38.3 Å². The summed E-state index contributed by atoms with van der Waals surface area (Å²) in [6.45, 7) is 2.15. The van der Waals surface area contributed by atoms with E-state index in [1.807, 2.05) is 48.5 Å². The van der Waals surface area contributed by atoms with Gasteiger partial charge in [-0.3, -0.25) is 0 Å². The van der Waals surface area contributed by atoms with Crippen molar-refractivity contribution in [2.24, 2.45) is 0 Å². The van der Waals surface area contributed by atoms with Crippen LogP contribution in [-0.4, -0.2) is 18.7 Å². The number of hydrogen-bond acceptors (Lipinski definition) is 2. The van der Waals surface area contributed by atoms with E-state index < -0.39 is 0 Å². The van der Waals surface area contributed by atoms with Crippen molar-refractivity contribution in [3.05, 3.63) is 69.7 Å². The monoisotopic (exact) mass is 349 g/mol. The predicted octanol–water partition coefficient (Wildman–Crippen LogP) is 4.99. The van der Waals surface area contributed by atoms with E-state index in [9.17, 15) is 4.79 Å². The second kappa shape index (κ2) is 6.81. The summed E-state index contributed by atoms with van der Waals surface area (Å²) in [4.78, 5) is 11.8. The second-order valence-electron chi connectivity index (χ2n) is 5.55. The average molecular weight is 350 g/mol. The summed E-state index contributed by atoms with van der Waals surface area (Å²) in [5, 5.41) is 4.36. The fourth-order valence-electron chi connectivity index (χ4n) is 3.00. The van der Waals surface area contributed by atoms with Crippen LogP contribution in [0.3, 0.4) is 0 Å². The van der Waals surface area contributed by atoms with Gasteiger partial charge in [-0.05, 0) is 42.3 Å². The molecule has 0 bridgehead atoms. The molecule has 23 heavy (non-hydrogen) atoms. The van der Waals surface area contributed by atoms with Gasteiger partial charge in [-0.1, -0.05) is 47.5 Å². The summed E-state index contributed by atoms with van der Waals surface area (Å²) in [6, 6.07) is 15.5. The van der Waals surface area contributed by atoms with E-state index in [0.29, 0.717) is 16.7 Å². The molecule has 0 saturated heterocycles. The Kier molecular flexibility index (Phi) is 4.79. The minimum absolute atomic E-state index is 0.0106. The number of carbonyl (C=O) groups excluding carboxylic acids is 1. The van der Waals surface area contributed by atoms with Crippen LogP contribution in [-0.2, 0) is 4.74 Å². The van der Waals surface area contributed by atoms with E-state index in [1.54, 1.807) is 6.92 Å². The molecular weight excluding hydrogens is 333 g/mol. The van der Waals surface area contributed by atoms with Crippen molar-refractivity contribution in [1.82, 2.24) is 5.32 Å². The normalized spacial score (nSPS) is 22.5. The van der Waals surface area contributed by atoms with Gasteiger partial charge in [0.2, 0.25) is 0 Å². The molecule has 1 N–H and O–H groups in total. The highest BCUT2D eigenvalue weighted by molar-refractivity contribution is 6.30. The van der Waals surface area contributed by atoms with E-state index in [1.165, 1.54) is 0 Å². The van der Waals surface area contributed by atoms with Gasteiger partial charge in [-0.2, -0.15) is 0 Å². The molecule has 0 spiro atoms. The number of halogens is 2. The maximum Gasteiger partial charge on any atom is 0.407 e. The van der Waals surface area contributed by atoms with Crippen LogP contribution in [0, 0.1) is 0 Å². The number of nitrogens with one attached hydrogen (secondary N) is 1. The van der Waals surface area contributed by atoms with E-state index >= 15 is 0 Å². The fraction of sp³-hybridized carbons (Fsp3) is 0.278. The molecule has 1 saturated carbocycles. The van der Waals surface area contributed by atoms with Gasteiger partial charge >= 0.3 is 6.09 Å². The second-order valence-corrected chi connectivity index (χ2v) is 6.42. The summed E-state index contributed by atoms with van der Waals surface area (Å²) in [5.74, 6) is 0.413. The highest BCUT2D eigenvalue weighted by Gasteiger charge is 2.52. The molecule has 1 aliphatic carbocycles. The molecule has 2 atom stereocenters. The lowest BCUT2D eigenvalue weighted by molar-refractivity contribution is 0.151. The zero-order valence-corrected chi connectivity index (χ0v) is 14.1. The van der Waals surface area contributed by atoms with E-state index in [-0.39, 0.29) is 24.0 Å². The highest BCUT2D eigenvalue weighted by atomic mass is 35.5. The first-order chi connectivity index (χ1) is 11.1. The zero-order valence-electron chi connectivity index (χ0n) is 12.6. The molecule has 0 aromatic heterocycles. The molecule has 0 aliphatic heterocycles. The molecule has 2 aromatic carbocycles. The van der Waals surface area contributed by atoms with Crippen LogP contribution >= 0.6 is 23.2 Å². The number of ether oxygens (including phenoxy) is 1.